The molecule has 0 fully saturated rings. The van der Waals surface area contributed by atoms with Crippen LogP contribution in [0.5, 0.6) is 11.5 Å². The third-order valence-corrected chi connectivity index (χ3v) is 2.75. The van der Waals surface area contributed by atoms with E-state index in [4.69, 9.17) is 16.3 Å². The number of para-hydroxylation sites is 1. The topological polar surface area (TPSA) is 9.23 Å². The second-order valence-corrected chi connectivity index (χ2v) is 4.16. The van der Waals surface area contributed by atoms with Crippen LogP contribution in [-0.4, -0.2) is 0 Å². The third kappa shape index (κ3) is 2.71. The standard InChI is InChI=1S/C15H12ClFO/c1-2-6-11-9-10-13(16)15(14(11)17)18-12-7-4-3-5-8-12/h2-5,7-10H,1,6H2. The Kier molecular flexibility index (Phi) is 4.00. The molecule has 0 aliphatic heterocycles. The monoisotopic (exact) mass is 262 g/mol. The molecular formula is C15H12ClFO. The van der Waals surface area contributed by atoms with Gasteiger partial charge in [0.05, 0.1) is 5.02 Å². The zero-order chi connectivity index (χ0) is 13.0. The largest absolute Gasteiger partial charge is 0.453 e. The first-order valence-corrected chi connectivity index (χ1v) is 5.91. The maximum atomic E-state index is 14.1. The maximum Gasteiger partial charge on any atom is 0.181 e. The lowest BCUT2D eigenvalue weighted by atomic mass is 10.1. The molecule has 0 N–H and O–H groups in total. The predicted octanol–water partition coefficient (Wildman–Crippen LogP) is 5.00. The van der Waals surface area contributed by atoms with Gasteiger partial charge in [-0.05, 0) is 30.2 Å². The van der Waals surface area contributed by atoms with Crippen LogP contribution in [0.15, 0.2) is 55.1 Å². The highest BCUT2D eigenvalue weighted by Gasteiger charge is 2.13. The summed E-state index contributed by atoms with van der Waals surface area (Å²) in [4.78, 5) is 0. The first-order chi connectivity index (χ1) is 8.72. The fourth-order valence-electron chi connectivity index (χ4n) is 1.59. The summed E-state index contributed by atoms with van der Waals surface area (Å²) in [6, 6.07) is 12.2. The molecule has 2 aromatic carbocycles. The Morgan fingerprint density at radius 3 is 2.56 bits per heavy atom. The molecule has 0 unspecified atom stereocenters. The molecule has 0 saturated carbocycles. The maximum absolute atomic E-state index is 14.1. The van der Waals surface area contributed by atoms with Gasteiger partial charge in [0.1, 0.15) is 5.75 Å². The minimum atomic E-state index is -0.439. The van der Waals surface area contributed by atoms with Crippen LogP contribution in [0, 0.1) is 5.82 Å². The minimum Gasteiger partial charge on any atom is -0.453 e. The van der Waals surface area contributed by atoms with Gasteiger partial charge in [-0.1, -0.05) is 41.9 Å². The van der Waals surface area contributed by atoms with Gasteiger partial charge in [-0.3, -0.25) is 0 Å². The summed E-state index contributed by atoms with van der Waals surface area (Å²) in [6.07, 6.45) is 2.08. The van der Waals surface area contributed by atoms with E-state index in [2.05, 4.69) is 6.58 Å². The number of ether oxygens (including phenoxy) is 1. The zero-order valence-electron chi connectivity index (χ0n) is 9.70. The fraction of sp³-hybridized carbons (Fsp3) is 0.0667. The van der Waals surface area contributed by atoms with Crippen LogP contribution in [0.3, 0.4) is 0 Å². The SMILES string of the molecule is C=CCc1ccc(Cl)c(Oc2ccccc2)c1F. The van der Waals surface area contributed by atoms with Crippen molar-refractivity contribution in [3.63, 3.8) is 0 Å². The molecule has 2 rings (SSSR count). The van der Waals surface area contributed by atoms with Crippen molar-refractivity contribution in [2.24, 2.45) is 0 Å². The number of rotatable bonds is 4. The lowest BCUT2D eigenvalue weighted by Gasteiger charge is -2.10. The quantitative estimate of drug-likeness (QED) is 0.705. The van der Waals surface area contributed by atoms with E-state index in [1.54, 1.807) is 30.3 Å². The van der Waals surface area contributed by atoms with Gasteiger partial charge in [0.2, 0.25) is 0 Å². The summed E-state index contributed by atoms with van der Waals surface area (Å²) in [5, 5.41) is 0.254. The van der Waals surface area contributed by atoms with E-state index >= 15 is 0 Å². The Balaban J connectivity index is 2.37. The number of allylic oxidation sites excluding steroid dienone is 1. The van der Waals surface area contributed by atoms with Gasteiger partial charge in [-0.25, -0.2) is 4.39 Å². The summed E-state index contributed by atoms with van der Waals surface area (Å²) >= 11 is 5.96. The van der Waals surface area contributed by atoms with Crippen LogP contribution < -0.4 is 4.74 Å². The summed E-state index contributed by atoms with van der Waals surface area (Å²) < 4.78 is 19.6. The van der Waals surface area contributed by atoms with E-state index in [0.717, 1.165) is 0 Å². The van der Waals surface area contributed by atoms with Gasteiger partial charge < -0.3 is 4.74 Å². The van der Waals surface area contributed by atoms with E-state index in [-0.39, 0.29) is 10.8 Å². The molecule has 0 spiro atoms. The van der Waals surface area contributed by atoms with Crippen molar-refractivity contribution in [2.45, 2.75) is 6.42 Å². The van der Waals surface area contributed by atoms with Gasteiger partial charge in [-0.15, -0.1) is 6.58 Å². The minimum absolute atomic E-state index is 0.0576. The number of halogens is 2. The van der Waals surface area contributed by atoms with Crippen molar-refractivity contribution in [2.75, 3.05) is 0 Å². The zero-order valence-corrected chi connectivity index (χ0v) is 10.5. The smallest absolute Gasteiger partial charge is 0.181 e. The first kappa shape index (κ1) is 12.7. The molecule has 92 valence electrons. The average molecular weight is 263 g/mol. The second kappa shape index (κ2) is 5.69. The van der Waals surface area contributed by atoms with Crippen molar-refractivity contribution < 1.29 is 9.13 Å². The highest BCUT2D eigenvalue weighted by molar-refractivity contribution is 6.32. The summed E-state index contributed by atoms with van der Waals surface area (Å²) in [5.74, 6) is 0.169. The van der Waals surface area contributed by atoms with E-state index in [1.165, 1.54) is 0 Å². The van der Waals surface area contributed by atoms with Gasteiger partial charge in [0, 0.05) is 0 Å². The van der Waals surface area contributed by atoms with E-state index < -0.39 is 5.82 Å². The Bertz CT molecular complexity index is 552. The molecule has 0 atom stereocenters. The Labute approximate surface area is 110 Å². The molecule has 0 saturated heterocycles. The average Bonchev–Trinajstić information content (AvgIpc) is 2.39. The van der Waals surface area contributed by atoms with Crippen LogP contribution in [0.1, 0.15) is 5.56 Å². The van der Waals surface area contributed by atoms with Gasteiger partial charge in [-0.2, -0.15) is 0 Å². The molecule has 0 heterocycles. The molecule has 0 aliphatic rings. The third-order valence-electron chi connectivity index (χ3n) is 2.46. The molecule has 2 aromatic rings. The summed E-state index contributed by atoms with van der Waals surface area (Å²) in [5.41, 5.74) is 0.514. The Morgan fingerprint density at radius 2 is 1.89 bits per heavy atom. The molecule has 3 heteroatoms. The molecule has 0 bridgehead atoms. The summed E-state index contributed by atoms with van der Waals surface area (Å²) in [7, 11) is 0. The van der Waals surface area contributed by atoms with Crippen LogP contribution in [0.2, 0.25) is 5.02 Å². The van der Waals surface area contributed by atoms with Gasteiger partial charge in [0.25, 0.3) is 0 Å². The highest BCUT2D eigenvalue weighted by atomic mass is 35.5. The van der Waals surface area contributed by atoms with Gasteiger partial charge >= 0.3 is 0 Å². The fourth-order valence-corrected chi connectivity index (χ4v) is 1.77. The first-order valence-electron chi connectivity index (χ1n) is 5.53. The number of benzene rings is 2. The molecule has 0 amide bonds. The van der Waals surface area contributed by atoms with Crippen molar-refractivity contribution >= 4 is 11.6 Å². The molecular weight excluding hydrogens is 251 g/mol. The van der Waals surface area contributed by atoms with Crippen molar-refractivity contribution in [3.8, 4) is 11.5 Å². The van der Waals surface area contributed by atoms with Crippen LogP contribution in [0.25, 0.3) is 0 Å². The number of hydrogen-bond donors (Lipinski definition) is 0. The second-order valence-electron chi connectivity index (χ2n) is 3.76. The highest BCUT2D eigenvalue weighted by Crippen LogP contribution is 2.34. The van der Waals surface area contributed by atoms with E-state index in [1.807, 2.05) is 18.2 Å². The Hall–Kier alpha value is -1.80. The van der Waals surface area contributed by atoms with E-state index in [0.29, 0.717) is 17.7 Å². The van der Waals surface area contributed by atoms with Crippen LogP contribution >= 0.6 is 11.6 Å². The normalized spacial score (nSPS) is 10.1. The van der Waals surface area contributed by atoms with Crippen LogP contribution in [-0.2, 0) is 6.42 Å². The van der Waals surface area contributed by atoms with Crippen molar-refractivity contribution in [1.82, 2.24) is 0 Å². The predicted molar refractivity (Wildman–Crippen MR) is 71.8 cm³/mol. The molecule has 0 aliphatic carbocycles. The summed E-state index contributed by atoms with van der Waals surface area (Å²) in [6.45, 7) is 3.59. The number of hydrogen-bond acceptors (Lipinski definition) is 1. The van der Waals surface area contributed by atoms with Crippen molar-refractivity contribution in [3.05, 3.63) is 71.5 Å². The molecule has 18 heavy (non-hydrogen) atoms. The molecule has 0 aromatic heterocycles. The lowest BCUT2D eigenvalue weighted by molar-refractivity contribution is 0.439. The lowest BCUT2D eigenvalue weighted by Crippen LogP contribution is -1.95. The molecule has 0 radical (unpaired) electrons. The molecule has 1 nitrogen and oxygen atoms in total. The van der Waals surface area contributed by atoms with Gasteiger partial charge in [0.15, 0.2) is 11.6 Å². The van der Waals surface area contributed by atoms with Crippen molar-refractivity contribution in [1.29, 1.82) is 0 Å². The van der Waals surface area contributed by atoms with Crippen LogP contribution in [0.4, 0.5) is 4.39 Å². The van der Waals surface area contributed by atoms with E-state index in [9.17, 15) is 4.39 Å². The Morgan fingerprint density at radius 1 is 1.17 bits per heavy atom.